The quantitative estimate of drug-likeness (QED) is 0.495. The van der Waals surface area contributed by atoms with E-state index in [0.717, 1.165) is 0 Å². The van der Waals surface area contributed by atoms with Crippen LogP contribution in [0.2, 0.25) is 0 Å². The summed E-state index contributed by atoms with van der Waals surface area (Å²) in [5, 5.41) is 0. The summed E-state index contributed by atoms with van der Waals surface area (Å²) in [5.74, 6) is -0.965. The maximum absolute atomic E-state index is 11.5. The number of methoxy groups -OCH3 is 2. The second-order valence-electron chi connectivity index (χ2n) is 4.58. The van der Waals surface area contributed by atoms with Gasteiger partial charge in [0, 0.05) is 0 Å². The SMILES string of the molecule is COC(=O)C1(C(=O)OC)CC(C)(C)C1. The topological polar surface area (TPSA) is 52.6 Å². The second kappa shape index (κ2) is 3.26. The highest BCUT2D eigenvalue weighted by Gasteiger charge is 2.61. The fourth-order valence-corrected chi connectivity index (χ4v) is 2.34. The standard InChI is InChI=1S/C10H16O4/c1-9(2)5-10(6-9,7(11)13-3)8(12)14-4/h5-6H2,1-4H3. The molecule has 0 N–H and O–H groups in total. The first-order valence-corrected chi connectivity index (χ1v) is 4.55. The number of carbonyl (C=O) groups excluding carboxylic acids is 2. The molecule has 1 fully saturated rings. The molecular formula is C10H16O4. The Morgan fingerprint density at radius 2 is 1.36 bits per heavy atom. The van der Waals surface area contributed by atoms with Gasteiger partial charge in [0.1, 0.15) is 0 Å². The number of esters is 2. The molecule has 0 bridgehead atoms. The van der Waals surface area contributed by atoms with Crippen LogP contribution in [0.25, 0.3) is 0 Å². The highest BCUT2D eigenvalue weighted by atomic mass is 16.5. The summed E-state index contributed by atoms with van der Waals surface area (Å²) in [6.45, 7) is 4.02. The smallest absolute Gasteiger partial charge is 0.323 e. The first-order valence-electron chi connectivity index (χ1n) is 4.55. The molecule has 1 aliphatic rings. The molecule has 0 spiro atoms. The van der Waals surface area contributed by atoms with E-state index in [4.69, 9.17) is 0 Å². The van der Waals surface area contributed by atoms with Crippen molar-refractivity contribution >= 4 is 11.9 Å². The Bertz CT molecular complexity index is 241. The molecule has 14 heavy (non-hydrogen) atoms. The van der Waals surface area contributed by atoms with E-state index >= 15 is 0 Å². The van der Waals surface area contributed by atoms with Crippen molar-refractivity contribution in [3.05, 3.63) is 0 Å². The maximum Gasteiger partial charge on any atom is 0.323 e. The molecule has 0 unspecified atom stereocenters. The van der Waals surface area contributed by atoms with Gasteiger partial charge in [0.2, 0.25) is 0 Å². The zero-order chi connectivity index (χ0) is 11.0. The molecule has 1 rings (SSSR count). The van der Waals surface area contributed by atoms with Crippen LogP contribution < -0.4 is 0 Å². The third-order valence-corrected chi connectivity index (χ3v) is 2.71. The zero-order valence-electron chi connectivity index (χ0n) is 9.05. The van der Waals surface area contributed by atoms with Gasteiger partial charge >= 0.3 is 11.9 Å². The Kier molecular flexibility index (Phi) is 2.56. The number of hydrogen-bond acceptors (Lipinski definition) is 4. The van der Waals surface area contributed by atoms with Gasteiger partial charge in [0.05, 0.1) is 14.2 Å². The van der Waals surface area contributed by atoms with Gasteiger partial charge < -0.3 is 9.47 Å². The molecule has 0 aromatic carbocycles. The van der Waals surface area contributed by atoms with E-state index < -0.39 is 17.4 Å². The van der Waals surface area contributed by atoms with Crippen LogP contribution in [0.15, 0.2) is 0 Å². The van der Waals surface area contributed by atoms with Gasteiger partial charge in [-0.25, -0.2) is 0 Å². The van der Waals surface area contributed by atoms with Gasteiger partial charge in [-0.3, -0.25) is 9.59 Å². The van der Waals surface area contributed by atoms with Crippen molar-refractivity contribution in [3.8, 4) is 0 Å². The number of ether oxygens (including phenoxy) is 2. The Hall–Kier alpha value is -1.06. The lowest BCUT2D eigenvalue weighted by molar-refractivity contribution is -0.185. The summed E-state index contributed by atoms with van der Waals surface area (Å²) < 4.78 is 9.27. The van der Waals surface area contributed by atoms with Crippen molar-refractivity contribution in [1.29, 1.82) is 0 Å². The lowest BCUT2D eigenvalue weighted by Crippen LogP contribution is -2.54. The molecule has 1 saturated carbocycles. The number of rotatable bonds is 2. The molecule has 1 aliphatic carbocycles. The second-order valence-corrected chi connectivity index (χ2v) is 4.58. The predicted molar refractivity (Wildman–Crippen MR) is 49.5 cm³/mol. The van der Waals surface area contributed by atoms with E-state index in [-0.39, 0.29) is 5.41 Å². The van der Waals surface area contributed by atoms with Gasteiger partial charge in [-0.1, -0.05) is 13.8 Å². The molecule has 0 aromatic rings. The maximum atomic E-state index is 11.5. The van der Waals surface area contributed by atoms with Gasteiger partial charge in [-0.15, -0.1) is 0 Å². The molecule has 0 aromatic heterocycles. The lowest BCUT2D eigenvalue weighted by atomic mass is 9.54. The normalized spacial score (nSPS) is 22.0. The van der Waals surface area contributed by atoms with Crippen molar-refractivity contribution in [1.82, 2.24) is 0 Å². The Morgan fingerprint density at radius 1 is 1.00 bits per heavy atom. The Labute approximate surface area is 83.6 Å². The predicted octanol–water partition coefficient (Wildman–Crippen LogP) is 1.14. The van der Waals surface area contributed by atoms with E-state index in [1.165, 1.54) is 14.2 Å². The largest absolute Gasteiger partial charge is 0.468 e. The molecule has 0 atom stereocenters. The molecule has 80 valence electrons. The Balaban J connectivity index is 2.85. The summed E-state index contributed by atoms with van der Waals surface area (Å²) in [6, 6.07) is 0. The minimum atomic E-state index is -1.05. The fourth-order valence-electron chi connectivity index (χ4n) is 2.34. The van der Waals surface area contributed by atoms with Crippen LogP contribution in [-0.4, -0.2) is 26.2 Å². The van der Waals surface area contributed by atoms with E-state index in [1.54, 1.807) is 0 Å². The number of hydrogen-bond donors (Lipinski definition) is 0. The van der Waals surface area contributed by atoms with Gasteiger partial charge in [0.25, 0.3) is 0 Å². The van der Waals surface area contributed by atoms with E-state index in [1.807, 2.05) is 13.8 Å². The molecule has 0 aliphatic heterocycles. The first kappa shape index (κ1) is 11.0. The average molecular weight is 200 g/mol. The van der Waals surface area contributed by atoms with Crippen LogP contribution in [0, 0.1) is 10.8 Å². The summed E-state index contributed by atoms with van der Waals surface area (Å²) >= 11 is 0. The summed E-state index contributed by atoms with van der Waals surface area (Å²) in [7, 11) is 2.58. The number of carbonyl (C=O) groups is 2. The lowest BCUT2D eigenvalue weighted by Gasteiger charge is -2.48. The van der Waals surface area contributed by atoms with Crippen LogP contribution in [0.1, 0.15) is 26.7 Å². The van der Waals surface area contributed by atoms with Gasteiger partial charge in [-0.2, -0.15) is 0 Å². The van der Waals surface area contributed by atoms with E-state index in [0.29, 0.717) is 12.8 Å². The van der Waals surface area contributed by atoms with Crippen molar-refractivity contribution < 1.29 is 19.1 Å². The van der Waals surface area contributed by atoms with Gasteiger partial charge in [-0.05, 0) is 18.3 Å². The molecule has 4 heteroatoms. The summed E-state index contributed by atoms with van der Waals surface area (Å²) in [5.41, 5.74) is -1.03. The summed E-state index contributed by atoms with van der Waals surface area (Å²) in [4.78, 5) is 23.0. The minimum absolute atomic E-state index is 0.0162. The zero-order valence-corrected chi connectivity index (χ0v) is 9.05. The van der Waals surface area contributed by atoms with Gasteiger partial charge in [0.15, 0.2) is 5.41 Å². The minimum Gasteiger partial charge on any atom is -0.468 e. The molecule has 0 radical (unpaired) electrons. The van der Waals surface area contributed by atoms with E-state index in [9.17, 15) is 9.59 Å². The highest BCUT2D eigenvalue weighted by molar-refractivity contribution is 6.01. The average Bonchev–Trinajstić information content (AvgIpc) is 2.10. The third kappa shape index (κ3) is 1.49. The van der Waals surface area contributed by atoms with Crippen LogP contribution in [0.5, 0.6) is 0 Å². The van der Waals surface area contributed by atoms with Crippen LogP contribution in [0.3, 0.4) is 0 Å². The molecule has 4 nitrogen and oxygen atoms in total. The monoisotopic (exact) mass is 200 g/mol. The molecule has 0 heterocycles. The van der Waals surface area contributed by atoms with E-state index in [2.05, 4.69) is 9.47 Å². The fraction of sp³-hybridized carbons (Fsp3) is 0.800. The van der Waals surface area contributed by atoms with Crippen LogP contribution >= 0.6 is 0 Å². The third-order valence-electron chi connectivity index (χ3n) is 2.71. The van der Waals surface area contributed by atoms with Crippen molar-refractivity contribution in [2.75, 3.05) is 14.2 Å². The van der Waals surface area contributed by atoms with Crippen molar-refractivity contribution in [2.24, 2.45) is 10.8 Å². The van der Waals surface area contributed by atoms with Crippen LogP contribution in [-0.2, 0) is 19.1 Å². The highest BCUT2D eigenvalue weighted by Crippen LogP contribution is 2.55. The van der Waals surface area contributed by atoms with Crippen molar-refractivity contribution in [3.63, 3.8) is 0 Å². The molecular weight excluding hydrogens is 184 g/mol. The summed E-state index contributed by atoms with van der Waals surface area (Å²) in [6.07, 6.45) is 0.999. The van der Waals surface area contributed by atoms with Crippen LogP contribution in [0.4, 0.5) is 0 Å². The Morgan fingerprint density at radius 3 is 1.57 bits per heavy atom. The molecule has 0 saturated heterocycles. The first-order chi connectivity index (χ1) is 6.38. The molecule has 0 amide bonds. The van der Waals surface area contributed by atoms with Crippen molar-refractivity contribution in [2.45, 2.75) is 26.7 Å².